The third-order valence-corrected chi connectivity index (χ3v) is 4.23. The Morgan fingerprint density at radius 1 is 1.28 bits per heavy atom. The molecule has 25 heavy (non-hydrogen) atoms. The Hall–Kier alpha value is -2.83. The number of aromatic nitrogens is 1. The number of ether oxygens (including phenoxy) is 1. The monoisotopic (exact) mass is 344 g/mol. The summed E-state index contributed by atoms with van der Waals surface area (Å²) in [6.45, 7) is 3.67. The molecule has 1 fully saturated rings. The number of benzene rings is 1. The van der Waals surface area contributed by atoms with E-state index >= 15 is 0 Å². The van der Waals surface area contributed by atoms with Crippen LogP contribution in [0.15, 0.2) is 42.5 Å². The zero-order valence-electron chi connectivity index (χ0n) is 14.3. The van der Waals surface area contributed by atoms with Gasteiger partial charge in [-0.25, -0.2) is 9.78 Å². The van der Waals surface area contributed by atoms with Crippen molar-refractivity contribution in [3.05, 3.63) is 48.4 Å². The second kappa shape index (κ2) is 7.38. The lowest BCUT2D eigenvalue weighted by atomic mass is 10.2. The van der Waals surface area contributed by atoms with Gasteiger partial charge in [0.1, 0.15) is 11.6 Å². The lowest BCUT2D eigenvalue weighted by Gasteiger charge is -2.40. The van der Waals surface area contributed by atoms with Crippen LogP contribution < -0.4 is 15.0 Å². The summed E-state index contributed by atoms with van der Waals surface area (Å²) in [5.41, 5.74) is 0.686. The number of hydrogen-bond donors (Lipinski definition) is 1. The summed E-state index contributed by atoms with van der Waals surface area (Å²) in [6, 6.07) is 11.9. The minimum atomic E-state index is -0.497. The number of piperazine rings is 1. The fourth-order valence-electron chi connectivity index (χ4n) is 2.94. The van der Waals surface area contributed by atoms with E-state index in [9.17, 15) is 9.18 Å². The molecule has 0 bridgehead atoms. The summed E-state index contributed by atoms with van der Waals surface area (Å²) in [4.78, 5) is 20.2. The lowest BCUT2D eigenvalue weighted by molar-refractivity contribution is 0.200. The normalized spacial score (nSPS) is 17.3. The maximum Gasteiger partial charge on any atom is 0.321 e. The summed E-state index contributed by atoms with van der Waals surface area (Å²) in [7, 11) is 1.59. The van der Waals surface area contributed by atoms with Gasteiger partial charge in [-0.15, -0.1) is 0 Å². The first-order valence-electron chi connectivity index (χ1n) is 8.16. The molecule has 0 aliphatic carbocycles. The first-order valence-corrected chi connectivity index (χ1v) is 8.16. The molecule has 1 atom stereocenters. The average Bonchev–Trinajstić information content (AvgIpc) is 2.61. The van der Waals surface area contributed by atoms with Crippen LogP contribution in [0, 0.1) is 5.95 Å². The SMILES string of the molecule is COc1cccc(NC(=O)N2CCN(c3cccc(F)n3)C(C)C2)c1. The van der Waals surface area contributed by atoms with Gasteiger partial charge in [0.05, 0.1) is 7.11 Å². The Kier molecular flexibility index (Phi) is 5.02. The second-order valence-corrected chi connectivity index (χ2v) is 5.97. The molecule has 1 unspecified atom stereocenters. The lowest BCUT2D eigenvalue weighted by Crippen LogP contribution is -2.55. The van der Waals surface area contributed by atoms with Crippen molar-refractivity contribution in [3.8, 4) is 5.75 Å². The predicted octanol–water partition coefficient (Wildman–Crippen LogP) is 2.97. The van der Waals surface area contributed by atoms with Crippen molar-refractivity contribution >= 4 is 17.5 Å². The molecule has 6 nitrogen and oxygen atoms in total. The Balaban J connectivity index is 1.63. The highest BCUT2D eigenvalue weighted by atomic mass is 19.1. The molecule has 1 aromatic carbocycles. The van der Waals surface area contributed by atoms with E-state index in [0.29, 0.717) is 36.9 Å². The number of pyridine rings is 1. The fraction of sp³-hybridized carbons (Fsp3) is 0.333. The molecule has 3 rings (SSSR count). The van der Waals surface area contributed by atoms with Crippen molar-refractivity contribution < 1.29 is 13.9 Å². The molecule has 1 aliphatic heterocycles. The Labute approximate surface area is 146 Å². The van der Waals surface area contributed by atoms with E-state index in [-0.39, 0.29) is 12.1 Å². The molecule has 7 heteroatoms. The van der Waals surface area contributed by atoms with E-state index in [4.69, 9.17) is 4.74 Å². The van der Waals surface area contributed by atoms with Gasteiger partial charge < -0.3 is 19.9 Å². The molecule has 0 spiro atoms. The number of carbonyl (C=O) groups excluding carboxylic acids is 1. The summed E-state index contributed by atoms with van der Waals surface area (Å²) in [6.07, 6.45) is 0. The fourth-order valence-corrected chi connectivity index (χ4v) is 2.94. The second-order valence-electron chi connectivity index (χ2n) is 5.97. The van der Waals surface area contributed by atoms with Crippen molar-refractivity contribution in [1.82, 2.24) is 9.88 Å². The first kappa shape index (κ1) is 17.0. The highest BCUT2D eigenvalue weighted by Gasteiger charge is 2.27. The highest BCUT2D eigenvalue weighted by Crippen LogP contribution is 2.20. The largest absolute Gasteiger partial charge is 0.497 e. The van der Waals surface area contributed by atoms with Crippen LogP contribution in [0.1, 0.15) is 6.92 Å². The van der Waals surface area contributed by atoms with Gasteiger partial charge >= 0.3 is 6.03 Å². The molecule has 2 amide bonds. The number of amides is 2. The smallest absolute Gasteiger partial charge is 0.321 e. The number of anilines is 2. The van der Waals surface area contributed by atoms with Gasteiger partial charge in [-0.05, 0) is 31.2 Å². The van der Waals surface area contributed by atoms with Crippen molar-refractivity contribution in [2.24, 2.45) is 0 Å². The molecule has 1 N–H and O–H groups in total. The number of urea groups is 1. The summed E-state index contributed by atoms with van der Waals surface area (Å²) in [5, 5.41) is 2.88. The van der Waals surface area contributed by atoms with Crippen molar-refractivity contribution in [2.45, 2.75) is 13.0 Å². The molecule has 132 valence electrons. The minimum absolute atomic E-state index is 0.0408. The molecule has 0 radical (unpaired) electrons. The number of nitrogens with zero attached hydrogens (tertiary/aromatic N) is 3. The third kappa shape index (κ3) is 3.99. The van der Waals surface area contributed by atoms with Gasteiger partial charge in [0.25, 0.3) is 0 Å². The Bertz CT molecular complexity index is 755. The van der Waals surface area contributed by atoms with Crippen LogP contribution in [0.4, 0.5) is 20.7 Å². The van der Waals surface area contributed by atoms with Gasteiger partial charge in [0.2, 0.25) is 5.95 Å². The van der Waals surface area contributed by atoms with Gasteiger partial charge in [-0.1, -0.05) is 12.1 Å². The van der Waals surface area contributed by atoms with Gasteiger partial charge in [0, 0.05) is 37.4 Å². The Morgan fingerprint density at radius 3 is 2.80 bits per heavy atom. The van der Waals surface area contributed by atoms with E-state index in [2.05, 4.69) is 10.3 Å². The molecular weight excluding hydrogens is 323 g/mol. The van der Waals surface area contributed by atoms with E-state index < -0.39 is 5.95 Å². The average molecular weight is 344 g/mol. The Morgan fingerprint density at radius 2 is 2.08 bits per heavy atom. The van der Waals surface area contributed by atoms with Gasteiger partial charge in [-0.2, -0.15) is 4.39 Å². The maximum absolute atomic E-state index is 13.3. The first-order chi connectivity index (χ1) is 12.1. The van der Waals surface area contributed by atoms with Crippen molar-refractivity contribution in [1.29, 1.82) is 0 Å². The quantitative estimate of drug-likeness (QED) is 0.870. The molecule has 2 heterocycles. The number of rotatable bonds is 3. The summed E-state index contributed by atoms with van der Waals surface area (Å²) >= 11 is 0. The standard InChI is InChI=1S/C18H21FN4O2/c1-13-12-22(9-10-23(13)17-8-4-7-16(19)21-17)18(24)20-14-5-3-6-15(11-14)25-2/h3-8,11,13H,9-10,12H2,1-2H3,(H,20,24). The van der Waals surface area contributed by atoms with Crippen LogP contribution in [0.3, 0.4) is 0 Å². The van der Waals surface area contributed by atoms with E-state index in [1.165, 1.54) is 6.07 Å². The molecular formula is C18H21FN4O2. The molecule has 1 aliphatic rings. The number of methoxy groups -OCH3 is 1. The van der Waals surface area contributed by atoms with Crippen LogP contribution in [-0.4, -0.2) is 48.7 Å². The number of hydrogen-bond acceptors (Lipinski definition) is 4. The van der Waals surface area contributed by atoms with Crippen LogP contribution in [0.25, 0.3) is 0 Å². The zero-order valence-corrected chi connectivity index (χ0v) is 14.3. The summed E-state index contributed by atoms with van der Waals surface area (Å²) < 4.78 is 18.5. The minimum Gasteiger partial charge on any atom is -0.497 e. The van der Waals surface area contributed by atoms with Crippen LogP contribution >= 0.6 is 0 Å². The van der Waals surface area contributed by atoms with Crippen LogP contribution in [0.2, 0.25) is 0 Å². The predicted molar refractivity (Wildman–Crippen MR) is 94.6 cm³/mol. The topological polar surface area (TPSA) is 57.7 Å². The zero-order chi connectivity index (χ0) is 17.8. The molecule has 2 aromatic rings. The van der Waals surface area contributed by atoms with Gasteiger partial charge in [-0.3, -0.25) is 0 Å². The maximum atomic E-state index is 13.3. The van der Waals surface area contributed by atoms with Crippen molar-refractivity contribution in [2.75, 3.05) is 37.0 Å². The molecule has 1 aromatic heterocycles. The molecule has 0 saturated carbocycles. The number of carbonyl (C=O) groups is 1. The third-order valence-electron chi connectivity index (χ3n) is 4.23. The van der Waals surface area contributed by atoms with E-state index in [1.807, 2.05) is 30.0 Å². The van der Waals surface area contributed by atoms with E-state index in [0.717, 1.165) is 0 Å². The number of halogens is 1. The van der Waals surface area contributed by atoms with E-state index in [1.54, 1.807) is 30.2 Å². The highest BCUT2D eigenvalue weighted by molar-refractivity contribution is 5.89. The van der Waals surface area contributed by atoms with Gasteiger partial charge in [0.15, 0.2) is 0 Å². The summed E-state index contributed by atoms with van der Waals surface area (Å²) in [5.74, 6) is 0.788. The van der Waals surface area contributed by atoms with Crippen molar-refractivity contribution in [3.63, 3.8) is 0 Å². The number of nitrogens with one attached hydrogen (secondary N) is 1. The van der Waals surface area contributed by atoms with Crippen LogP contribution in [-0.2, 0) is 0 Å². The molecule has 1 saturated heterocycles. The van der Waals surface area contributed by atoms with Crippen LogP contribution in [0.5, 0.6) is 5.75 Å².